The van der Waals surface area contributed by atoms with Crippen LogP contribution >= 0.6 is 11.8 Å². The molecule has 20 heavy (non-hydrogen) atoms. The molecule has 0 spiro atoms. The fourth-order valence-electron chi connectivity index (χ4n) is 2.33. The van der Waals surface area contributed by atoms with E-state index in [2.05, 4.69) is 0 Å². The van der Waals surface area contributed by atoms with Gasteiger partial charge in [-0.25, -0.2) is 0 Å². The molecule has 0 saturated carbocycles. The summed E-state index contributed by atoms with van der Waals surface area (Å²) in [5.74, 6) is 0.506. The van der Waals surface area contributed by atoms with Crippen molar-refractivity contribution in [1.82, 2.24) is 4.90 Å². The van der Waals surface area contributed by atoms with Crippen LogP contribution in [-0.2, 0) is 9.53 Å². The summed E-state index contributed by atoms with van der Waals surface area (Å²) >= 11 is 1.54. The van der Waals surface area contributed by atoms with Gasteiger partial charge in [-0.2, -0.15) is 0 Å². The molecule has 1 fully saturated rings. The molecule has 1 aromatic carbocycles. The van der Waals surface area contributed by atoms with Gasteiger partial charge in [-0.05, 0) is 26.0 Å². The van der Waals surface area contributed by atoms with Gasteiger partial charge in [-0.15, -0.1) is 11.8 Å². The Kier molecular flexibility index (Phi) is 5.07. The van der Waals surface area contributed by atoms with Gasteiger partial charge in [-0.1, -0.05) is 18.2 Å². The molecule has 0 radical (unpaired) electrons. The molecule has 5 heteroatoms. The number of benzene rings is 1. The van der Waals surface area contributed by atoms with E-state index in [1.165, 1.54) is 11.8 Å². The molecule has 1 atom stereocenters. The highest BCUT2D eigenvalue weighted by atomic mass is 32.2. The summed E-state index contributed by atoms with van der Waals surface area (Å²) in [5.41, 5.74) is -0.404. The number of rotatable bonds is 4. The van der Waals surface area contributed by atoms with Crippen molar-refractivity contribution in [3.8, 4) is 0 Å². The fourth-order valence-corrected chi connectivity index (χ4v) is 3.16. The van der Waals surface area contributed by atoms with E-state index in [1.54, 1.807) is 4.90 Å². The van der Waals surface area contributed by atoms with Crippen molar-refractivity contribution in [2.24, 2.45) is 0 Å². The zero-order chi connectivity index (χ0) is 14.6. The number of hydrogen-bond donors (Lipinski definition) is 1. The van der Waals surface area contributed by atoms with Gasteiger partial charge in [-0.3, -0.25) is 4.79 Å². The lowest BCUT2D eigenvalue weighted by atomic mass is 10.1. The molecule has 1 heterocycles. The molecule has 0 aromatic heterocycles. The highest BCUT2D eigenvalue weighted by Gasteiger charge is 2.35. The highest BCUT2D eigenvalue weighted by Crippen LogP contribution is 2.23. The lowest BCUT2D eigenvalue weighted by Gasteiger charge is -2.42. The summed E-state index contributed by atoms with van der Waals surface area (Å²) in [6, 6.07) is 9.89. The molecule has 1 aliphatic heterocycles. The Balaban J connectivity index is 1.91. The van der Waals surface area contributed by atoms with Crippen LogP contribution in [0.4, 0.5) is 0 Å². The molecule has 110 valence electrons. The molecule has 0 aliphatic carbocycles. The van der Waals surface area contributed by atoms with Crippen molar-refractivity contribution in [1.29, 1.82) is 0 Å². The third-order valence-corrected chi connectivity index (χ3v) is 4.14. The van der Waals surface area contributed by atoms with Crippen LogP contribution in [-0.4, -0.2) is 53.1 Å². The second-order valence-electron chi connectivity index (χ2n) is 5.56. The highest BCUT2D eigenvalue weighted by molar-refractivity contribution is 8.00. The van der Waals surface area contributed by atoms with Crippen LogP contribution in [0.15, 0.2) is 35.2 Å². The molecule has 1 aliphatic rings. The van der Waals surface area contributed by atoms with Crippen LogP contribution in [0.5, 0.6) is 0 Å². The van der Waals surface area contributed by atoms with Gasteiger partial charge in [0, 0.05) is 18.0 Å². The van der Waals surface area contributed by atoms with Gasteiger partial charge in [0.2, 0.25) is 5.91 Å². The number of morpholine rings is 1. The number of thioether (sulfide) groups is 1. The Labute approximate surface area is 124 Å². The second-order valence-corrected chi connectivity index (χ2v) is 6.61. The molecular weight excluding hydrogens is 274 g/mol. The Morgan fingerprint density at radius 3 is 2.80 bits per heavy atom. The van der Waals surface area contributed by atoms with E-state index in [4.69, 9.17) is 4.74 Å². The number of nitrogens with zero attached hydrogens (tertiary/aromatic N) is 1. The first-order valence-corrected chi connectivity index (χ1v) is 7.73. The van der Waals surface area contributed by atoms with Crippen LogP contribution in [0.1, 0.15) is 13.8 Å². The lowest BCUT2D eigenvalue weighted by molar-refractivity contribution is -0.165. The SMILES string of the molecule is CC1(C)CN(C(=O)CSc2ccccc2)CC(CO)O1. The molecule has 1 aromatic rings. The van der Waals surface area contributed by atoms with Crippen molar-refractivity contribution in [2.75, 3.05) is 25.4 Å². The first kappa shape index (κ1) is 15.4. The fraction of sp³-hybridized carbons (Fsp3) is 0.533. The van der Waals surface area contributed by atoms with Crippen LogP contribution in [0, 0.1) is 0 Å². The number of carbonyl (C=O) groups is 1. The zero-order valence-electron chi connectivity index (χ0n) is 11.9. The predicted molar refractivity (Wildman–Crippen MR) is 79.8 cm³/mol. The first-order valence-electron chi connectivity index (χ1n) is 6.74. The van der Waals surface area contributed by atoms with Crippen molar-refractivity contribution in [3.63, 3.8) is 0 Å². The summed E-state index contributed by atoms with van der Waals surface area (Å²) in [5, 5.41) is 9.26. The number of amides is 1. The van der Waals surface area contributed by atoms with Gasteiger partial charge >= 0.3 is 0 Å². The molecule has 1 N–H and O–H groups in total. The normalized spacial score (nSPS) is 21.8. The van der Waals surface area contributed by atoms with Gasteiger partial charge in [0.1, 0.15) is 0 Å². The summed E-state index contributed by atoms with van der Waals surface area (Å²) in [7, 11) is 0. The number of hydrogen-bond acceptors (Lipinski definition) is 4. The molecule has 4 nitrogen and oxygen atoms in total. The quantitative estimate of drug-likeness (QED) is 0.860. The topological polar surface area (TPSA) is 49.8 Å². The predicted octanol–water partition coefficient (Wildman–Crippen LogP) is 1.78. The summed E-state index contributed by atoms with van der Waals surface area (Å²) in [6.45, 7) is 4.86. The van der Waals surface area contributed by atoms with Crippen LogP contribution < -0.4 is 0 Å². The van der Waals surface area contributed by atoms with E-state index in [-0.39, 0.29) is 18.6 Å². The molecule has 1 amide bonds. The molecule has 1 unspecified atom stereocenters. The Bertz CT molecular complexity index is 450. The second kappa shape index (κ2) is 6.61. The Hall–Kier alpha value is -1.04. The Morgan fingerprint density at radius 2 is 2.15 bits per heavy atom. The summed E-state index contributed by atoms with van der Waals surface area (Å²) < 4.78 is 5.72. The molecular formula is C15H21NO3S. The monoisotopic (exact) mass is 295 g/mol. The first-order chi connectivity index (χ1) is 9.50. The minimum absolute atomic E-state index is 0.0565. The molecule has 0 bridgehead atoms. The van der Waals surface area contributed by atoms with Gasteiger partial charge < -0.3 is 14.7 Å². The van der Waals surface area contributed by atoms with Gasteiger partial charge in [0.05, 0.1) is 24.1 Å². The van der Waals surface area contributed by atoms with E-state index < -0.39 is 5.60 Å². The Morgan fingerprint density at radius 1 is 1.45 bits per heavy atom. The maximum Gasteiger partial charge on any atom is 0.233 e. The van der Waals surface area contributed by atoms with Crippen LogP contribution in [0.2, 0.25) is 0 Å². The van der Waals surface area contributed by atoms with Gasteiger partial charge in [0.15, 0.2) is 0 Å². The maximum absolute atomic E-state index is 12.3. The van der Waals surface area contributed by atoms with E-state index in [9.17, 15) is 9.90 Å². The van der Waals surface area contributed by atoms with Crippen molar-refractivity contribution >= 4 is 17.7 Å². The molecule has 2 rings (SSSR count). The van der Waals surface area contributed by atoms with E-state index in [0.29, 0.717) is 18.8 Å². The van der Waals surface area contributed by atoms with Crippen LogP contribution in [0.25, 0.3) is 0 Å². The summed E-state index contributed by atoms with van der Waals surface area (Å²) in [4.78, 5) is 15.2. The third-order valence-electron chi connectivity index (χ3n) is 3.14. The largest absolute Gasteiger partial charge is 0.394 e. The van der Waals surface area contributed by atoms with E-state index >= 15 is 0 Å². The third kappa shape index (κ3) is 4.23. The minimum atomic E-state index is -0.404. The minimum Gasteiger partial charge on any atom is -0.394 e. The summed E-state index contributed by atoms with van der Waals surface area (Å²) in [6.07, 6.45) is -0.288. The maximum atomic E-state index is 12.3. The molecule has 1 saturated heterocycles. The van der Waals surface area contributed by atoms with Gasteiger partial charge in [0.25, 0.3) is 0 Å². The standard InChI is InChI=1S/C15H21NO3S/c1-15(2)11-16(8-12(9-17)19-15)14(18)10-20-13-6-4-3-5-7-13/h3-7,12,17H,8-11H2,1-2H3. The average molecular weight is 295 g/mol. The van der Waals surface area contributed by atoms with E-state index in [1.807, 2.05) is 44.2 Å². The number of ether oxygens (including phenoxy) is 1. The van der Waals surface area contributed by atoms with Crippen molar-refractivity contribution in [2.45, 2.75) is 30.4 Å². The zero-order valence-corrected chi connectivity index (χ0v) is 12.7. The van der Waals surface area contributed by atoms with Crippen molar-refractivity contribution < 1.29 is 14.6 Å². The number of aliphatic hydroxyl groups is 1. The number of aliphatic hydroxyl groups excluding tert-OH is 1. The number of carbonyl (C=O) groups excluding carboxylic acids is 1. The lowest BCUT2D eigenvalue weighted by Crippen LogP contribution is -2.56. The van der Waals surface area contributed by atoms with Crippen LogP contribution in [0.3, 0.4) is 0 Å². The van der Waals surface area contributed by atoms with E-state index in [0.717, 1.165) is 4.90 Å². The average Bonchev–Trinajstić information content (AvgIpc) is 2.44. The smallest absolute Gasteiger partial charge is 0.233 e. The van der Waals surface area contributed by atoms with Crippen molar-refractivity contribution in [3.05, 3.63) is 30.3 Å².